The molecule has 1 aliphatic rings. The molecule has 1 fully saturated rings. The number of benzene rings is 1. The molecule has 2 N–H and O–H groups in total. The van der Waals surface area contributed by atoms with Crippen molar-refractivity contribution in [2.75, 3.05) is 6.61 Å². The van der Waals surface area contributed by atoms with E-state index in [9.17, 15) is 0 Å². The topological polar surface area (TPSA) is 35.2 Å². The van der Waals surface area contributed by atoms with E-state index in [1.54, 1.807) is 0 Å². The van der Waals surface area contributed by atoms with Crippen LogP contribution in [0, 0.1) is 12.8 Å². The number of rotatable bonds is 5. The summed E-state index contributed by atoms with van der Waals surface area (Å²) in [6.45, 7) is 4.87. The van der Waals surface area contributed by atoms with Gasteiger partial charge in [-0.1, -0.05) is 11.6 Å². The summed E-state index contributed by atoms with van der Waals surface area (Å²) in [5.41, 5.74) is 8.10. The molecule has 3 heteroatoms. The van der Waals surface area contributed by atoms with Crippen LogP contribution in [-0.4, -0.2) is 12.6 Å². The fourth-order valence-electron chi connectivity index (χ4n) is 1.99. The zero-order valence-corrected chi connectivity index (χ0v) is 11.3. The Kier molecular flexibility index (Phi) is 3.95. The maximum atomic E-state index is 6.08. The van der Waals surface area contributed by atoms with Gasteiger partial charge in [0, 0.05) is 11.1 Å². The lowest BCUT2D eigenvalue weighted by Crippen LogP contribution is -2.18. The van der Waals surface area contributed by atoms with Crippen molar-refractivity contribution in [2.45, 2.75) is 39.2 Å². The van der Waals surface area contributed by atoms with Crippen LogP contribution in [0.25, 0.3) is 0 Å². The predicted octanol–water partition coefficient (Wildman–Crippen LogP) is 3.33. The van der Waals surface area contributed by atoms with Crippen LogP contribution in [0.2, 0.25) is 5.02 Å². The Morgan fingerprint density at radius 3 is 2.76 bits per heavy atom. The van der Waals surface area contributed by atoms with Crippen molar-refractivity contribution in [3.8, 4) is 5.75 Å². The highest BCUT2D eigenvalue weighted by atomic mass is 35.5. The van der Waals surface area contributed by atoms with Crippen LogP contribution < -0.4 is 10.5 Å². The van der Waals surface area contributed by atoms with E-state index in [-0.39, 0.29) is 6.04 Å². The third kappa shape index (κ3) is 3.62. The van der Waals surface area contributed by atoms with Gasteiger partial charge in [0.05, 0.1) is 6.61 Å². The first-order chi connectivity index (χ1) is 8.06. The number of nitrogens with two attached hydrogens (primary N) is 1. The van der Waals surface area contributed by atoms with Gasteiger partial charge < -0.3 is 10.5 Å². The van der Waals surface area contributed by atoms with E-state index in [1.807, 2.05) is 26.0 Å². The van der Waals surface area contributed by atoms with E-state index in [0.29, 0.717) is 0 Å². The van der Waals surface area contributed by atoms with Gasteiger partial charge in [0.2, 0.25) is 0 Å². The van der Waals surface area contributed by atoms with E-state index >= 15 is 0 Å². The molecule has 0 spiro atoms. The van der Waals surface area contributed by atoms with Crippen molar-refractivity contribution in [1.82, 2.24) is 0 Å². The molecule has 1 saturated carbocycles. The Hall–Kier alpha value is -0.730. The van der Waals surface area contributed by atoms with Crippen LogP contribution in [0.5, 0.6) is 5.75 Å². The number of halogens is 1. The molecule has 94 valence electrons. The van der Waals surface area contributed by atoms with Gasteiger partial charge in [-0.15, -0.1) is 0 Å². The normalized spacial score (nSPS) is 16.9. The van der Waals surface area contributed by atoms with Gasteiger partial charge in [-0.25, -0.2) is 0 Å². The highest BCUT2D eigenvalue weighted by Gasteiger charge is 2.23. The zero-order chi connectivity index (χ0) is 12.4. The Morgan fingerprint density at radius 2 is 2.18 bits per heavy atom. The Morgan fingerprint density at radius 1 is 1.47 bits per heavy atom. The van der Waals surface area contributed by atoms with Gasteiger partial charge in [0.15, 0.2) is 0 Å². The molecule has 0 heterocycles. The van der Waals surface area contributed by atoms with Crippen LogP contribution >= 0.6 is 11.6 Å². The molecule has 17 heavy (non-hydrogen) atoms. The van der Waals surface area contributed by atoms with E-state index in [1.165, 1.54) is 12.8 Å². The first-order valence-electron chi connectivity index (χ1n) is 6.23. The number of aryl methyl sites for hydroxylation is 1. The number of hydrogen-bond donors (Lipinski definition) is 1. The Balaban J connectivity index is 2.18. The molecule has 1 unspecified atom stereocenters. The van der Waals surface area contributed by atoms with Crippen molar-refractivity contribution in [2.24, 2.45) is 11.7 Å². The summed E-state index contributed by atoms with van der Waals surface area (Å²) in [4.78, 5) is 0. The number of hydrogen-bond acceptors (Lipinski definition) is 2. The molecule has 0 aliphatic heterocycles. The third-order valence-electron chi connectivity index (χ3n) is 3.02. The van der Waals surface area contributed by atoms with Gasteiger partial charge in [0.25, 0.3) is 0 Å². The molecule has 1 atom stereocenters. The van der Waals surface area contributed by atoms with Crippen LogP contribution in [0.4, 0.5) is 0 Å². The predicted molar refractivity (Wildman–Crippen MR) is 71.8 cm³/mol. The second-order valence-electron chi connectivity index (χ2n) is 5.15. The summed E-state index contributed by atoms with van der Waals surface area (Å²) in [6.07, 6.45) is 3.41. The Labute approximate surface area is 108 Å². The lowest BCUT2D eigenvalue weighted by Gasteiger charge is -2.16. The first kappa shape index (κ1) is 12.7. The quantitative estimate of drug-likeness (QED) is 0.874. The third-order valence-corrected chi connectivity index (χ3v) is 3.24. The van der Waals surface area contributed by atoms with Gasteiger partial charge in [0.1, 0.15) is 5.75 Å². The molecular formula is C14H20ClNO. The van der Waals surface area contributed by atoms with Crippen molar-refractivity contribution >= 4 is 11.6 Å². The molecule has 0 radical (unpaired) electrons. The van der Waals surface area contributed by atoms with Gasteiger partial charge in [-0.05, 0) is 62.3 Å². The van der Waals surface area contributed by atoms with Gasteiger partial charge in [-0.3, -0.25) is 0 Å². The molecular weight excluding hydrogens is 234 g/mol. The van der Waals surface area contributed by atoms with Crippen LogP contribution in [0.3, 0.4) is 0 Å². The van der Waals surface area contributed by atoms with Crippen LogP contribution in [0.15, 0.2) is 12.1 Å². The lowest BCUT2D eigenvalue weighted by atomic mass is 10.0. The monoisotopic (exact) mass is 253 g/mol. The van der Waals surface area contributed by atoms with E-state index in [0.717, 1.165) is 40.8 Å². The molecule has 1 aliphatic carbocycles. The minimum absolute atomic E-state index is 0.121. The van der Waals surface area contributed by atoms with E-state index in [4.69, 9.17) is 22.1 Å². The highest BCUT2D eigenvalue weighted by molar-refractivity contribution is 6.30. The molecule has 1 aromatic carbocycles. The van der Waals surface area contributed by atoms with E-state index in [2.05, 4.69) is 0 Å². The van der Waals surface area contributed by atoms with Gasteiger partial charge in [-0.2, -0.15) is 0 Å². The smallest absolute Gasteiger partial charge is 0.125 e. The SMILES string of the molecule is Cc1cc(Cl)cc(CC(C)N)c1OCC1CC1. The summed E-state index contributed by atoms with van der Waals surface area (Å²) < 4.78 is 5.93. The lowest BCUT2D eigenvalue weighted by molar-refractivity contribution is 0.294. The van der Waals surface area contributed by atoms with Crippen LogP contribution in [0.1, 0.15) is 30.9 Å². The van der Waals surface area contributed by atoms with Crippen molar-refractivity contribution in [3.05, 3.63) is 28.3 Å². The maximum absolute atomic E-state index is 6.08. The second kappa shape index (κ2) is 5.28. The summed E-state index contributed by atoms with van der Waals surface area (Å²) in [6, 6.07) is 4.05. The minimum atomic E-state index is 0.121. The Bertz CT molecular complexity index is 399. The fourth-order valence-corrected chi connectivity index (χ4v) is 2.29. The summed E-state index contributed by atoms with van der Waals surface area (Å²) in [5, 5.41) is 0.761. The fraction of sp³-hybridized carbons (Fsp3) is 0.571. The average Bonchev–Trinajstić information content (AvgIpc) is 2.98. The summed E-state index contributed by atoms with van der Waals surface area (Å²) in [5.74, 6) is 1.74. The van der Waals surface area contributed by atoms with Crippen molar-refractivity contribution in [1.29, 1.82) is 0 Å². The highest BCUT2D eigenvalue weighted by Crippen LogP contribution is 2.33. The molecule has 0 bridgehead atoms. The number of ether oxygens (including phenoxy) is 1. The molecule has 1 aromatic rings. The standard InChI is InChI=1S/C14H20ClNO/c1-9-5-13(15)7-12(6-10(2)16)14(9)17-8-11-3-4-11/h5,7,10-11H,3-4,6,8,16H2,1-2H3. The second-order valence-corrected chi connectivity index (χ2v) is 5.58. The largest absolute Gasteiger partial charge is 0.493 e. The summed E-state index contributed by atoms with van der Waals surface area (Å²) in [7, 11) is 0. The van der Waals surface area contributed by atoms with Gasteiger partial charge >= 0.3 is 0 Å². The van der Waals surface area contributed by atoms with Crippen LogP contribution in [-0.2, 0) is 6.42 Å². The molecule has 0 saturated heterocycles. The van der Waals surface area contributed by atoms with E-state index < -0.39 is 0 Å². The molecule has 0 amide bonds. The van der Waals surface area contributed by atoms with Crippen molar-refractivity contribution in [3.63, 3.8) is 0 Å². The molecule has 2 rings (SSSR count). The zero-order valence-electron chi connectivity index (χ0n) is 10.5. The summed E-state index contributed by atoms with van der Waals surface area (Å²) >= 11 is 6.08. The maximum Gasteiger partial charge on any atom is 0.125 e. The first-order valence-corrected chi connectivity index (χ1v) is 6.61. The molecule has 0 aromatic heterocycles. The minimum Gasteiger partial charge on any atom is -0.493 e. The van der Waals surface area contributed by atoms with Crippen molar-refractivity contribution < 1.29 is 4.74 Å². The average molecular weight is 254 g/mol. The molecule has 2 nitrogen and oxygen atoms in total.